The Labute approximate surface area is 166 Å². The lowest BCUT2D eigenvalue weighted by atomic mass is 10.0. The molecule has 0 radical (unpaired) electrons. The summed E-state index contributed by atoms with van der Waals surface area (Å²) in [4.78, 5) is 25.5. The van der Waals surface area contributed by atoms with Crippen LogP contribution in [0.4, 0.5) is 5.69 Å². The van der Waals surface area contributed by atoms with Gasteiger partial charge < -0.3 is 20.3 Å². The summed E-state index contributed by atoms with van der Waals surface area (Å²) in [5.41, 5.74) is 1.88. The number of ether oxygens (including phenoxy) is 1. The maximum Gasteiger partial charge on any atom is 0.279 e. The molecule has 3 N–H and O–H groups in total. The molecule has 0 aliphatic heterocycles. The van der Waals surface area contributed by atoms with Crippen molar-refractivity contribution in [3.05, 3.63) is 60.2 Å². The maximum atomic E-state index is 12.3. The van der Waals surface area contributed by atoms with Crippen LogP contribution < -0.4 is 20.3 Å². The van der Waals surface area contributed by atoms with E-state index in [-0.39, 0.29) is 30.8 Å². The van der Waals surface area contributed by atoms with Gasteiger partial charge in [-0.25, -0.2) is 0 Å². The molecule has 0 heterocycles. The fourth-order valence-electron chi connectivity index (χ4n) is 2.90. The Kier molecular flexibility index (Phi) is 8.49. The molecule has 0 fully saturated rings. The Hall–Kier alpha value is -2.86. The fourth-order valence-corrected chi connectivity index (χ4v) is 2.90. The van der Waals surface area contributed by atoms with Crippen LogP contribution in [0.15, 0.2) is 54.6 Å². The Bertz CT molecular complexity index is 765. The van der Waals surface area contributed by atoms with Crippen molar-refractivity contribution in [2.24, 2.45) is 0 Å². The van der Waals surface area contributed by atoms with Crippen LogP contribution in [0.1, 0.15) is 25.3 Å². The van der Waals surface area contributed by atoms with Crippen molar-refractivity contribution in [2.75, 3.05) is 38.6 Å². The summed E-state index contributed by atoms with van der Waals surface area (Å²) < 4.78 is 5.16. The molecule has 0 aliphatic carbocycles. The predicted octanol–water partition coefficient (Wildman–Crippen LogP) is 1.46. The number of anilines is 1. The minimum atomic E-state index is -0.129. The molecule has 6 nitrogen and oxygen atoms in total. The lowest BCUT2D eigenvalue weighted by Gasteiger charge is -2.18. The highest BCUT2D eigenvalue weighted by Gasteiger charge is 2.17. The zero-order valence-corrected chi connectivity index (χ0v) is 16.8. The lowest BCUT2D eigenvalue weighted by molar-refractivity contribution is -0.881. The fraction of sp³-hybridized carbons (Fsp3) is 0.364. The summed E-state index contributed by atoms with van der Waals surface area (Å²) >= 11 is 0. The number of carbonyl (C=O) groups is 2. The number of nitrogens with one attached hydrogen (secondary N) is 3. The van der Waals surface area contributed by atoms with Crippen LogP contribution in [-0.4, -0.2) is 45.1 Å². The van der Waals surface area contributed by atoms with Crippen LogP contribution in [-0.2, 0) is 9.59 Å². The van der Waals surface area contributed by atoms with Crippen molar-refractivity contribution >= 4 is 17.5 Å². The normalized spacial score (nSPS) is 12.7. The smallest absolute Gasteiger partial charge is 0.279 e. The van der Waals surface area contributed by atoms with Gasteiger partial charge >= 0.3 is 0 Å². The molecule has 28 heavy (non-hydrogen) atoms. The molecule has 6 heteroatoms. The first-order chi connectivity index (χ1) is 13.5. The van der Waals surface area contributed by atoms with Gasteiger partial charge in [0.2, 0.25) is 0 Å². The molecule has 2 aromatic rings. The van der Waals surface area contributed by atoms with Crippen LogP contribution in [0.3, 0.4) is 0 Å². The van der Waals surface area contributed by atoms with Gasteiger partial charge in [0.25, 0.3) is 11.8 Å². The van der Waals surface area contributed by atoms with Crippen LogP contribution in [0.2, 0.25) is 0 Å². The molecule has 0 spiro atoms. The van der Waals surface area contributed by atoms with Gasteiger partial charge in [0.15, 0.2) is 13.1 Å². The van der Waals surface area contributed by atoms with E-state index in [9.17, 15) is 9.59 Å². The van der Waals surface area contributed by atoms with Gasteiger partial charge in [-0.3, -0.25) is 9.59 Å². The first-order valence-electron chi connectivity index (χ1n) is 9.61. The Morgan fingerprint density at radius 3 is 2.43 bits per heavy atom. The minimum absolute atomic E-state index is 0.0474. The van der Waals surface area contributed by atoms with Crippen molar-refractivity contribution < 1.29 is 19.2 Å². The minimum Gasteiger partial charge on any atom is -0.497 e. The summed E-state index contributed by atoms with van der Waals surface area (Å²) in [5.74, 6) is 0.750. The molecule has 150 valence electrons. The molecular weight excluding hydrogens is 354 g/mol. The zero-order chi connectivity index (χ0) is 20.4. The van der Waals surface area contributed by atoms with Gasteiger partial charge in [-0.05, 0) is 30.5 Å². The molecule has 0 saturated heterocycles. The topological polar surface area (TPSA) is 71.9 Å². The second-order valence-electron chi connectivity index (χ2n) is 6.85. The summed E-state index contributed by atoms with van der Waals surface area (Å²) in [5, 5.41) is 5.83. The summed E-state index contributed by atoms with van der Waals surface area (Å²) in [6.45, 7) is 5.82. The van der Waals surface area contributed by atoms with E-state index in [1.54, 1.807) is 13.2 Å². The second kappa shape index (κ2) is 11.1. The highest BCUT2D eigenvalue weighted by molar-refractivity contribution is 5.91. The highest BCUT2D eigenvalue weighted by atomic mass is 16.5. The van der Waals surface area contributed by atoms with Gasteiger partial charge in [-0.2, -0.15) is 0 Å². The van der Waals surface area contributed by atoms with Gasteiger partial charge in [0.1, 0.15) is 5.75 Å². The maximum absolute atomic E-state index is 12.3. The molecule has 2 amide bonds. The van der Waals surface area contributed by atoms with Crippen molar-refractivity contribution in [3.8, 4) is 5.75 Å². The number of likely N-dealkylation sites (N-methyl/N-ethyl adjacent to an activating group) is 1. The van der Waals surface area contributed by atoms with E-state index < -0.39 is 0 Å². The van der Waals surface area contributed by atoms with Crippen molar-refractivity contribution in [3.63, 3.8) is 0 Å². The van der Waals surface area contributed by atoms with Crippen LogP contribution in [0.25, 0.3) is 0 Å². The number of methoxy groups -OCH3 is 1. The average molecular weight is 385 g/mol. The van der Waals surface area contributed by atoms with Crippen LogP contribution in [0.5, 0.6) is 5.75 Å². The van der Waals surface area contributed by atoms with E-state index in [1.165, 1.54) is 5.56 Å². The SMILES string of the molecule is CC[NH+](CC(=O)NC[C@H](C)c1ccccc1)CC(=O)Nc1cccc(OC)c1. The number of hydrogen-bond donors (Lipinski definition) is 3. The second-order valence-corrected chi connectivity index (χ2v) is 6.85. The molecule has 0 aliphatic rings. The van der Waals surface area contributed by atoms with Crippen LogP contribution in [0, 0.1) is 0 Å². The van der Waals surface area contributed by atoms with Crippen LogP contribution >= 0.6 is 0 Å². The number of carbonyl (C=O) groups excluding carboxylic acids is 2. The van der Waals surface area contributed by atoms with E-state index in [1.807, 2.05) is 43.3 Å². The third kappa shape index (κ3) is 7.04. The van der Waals surface area contributed by atoms with Gasteiger partial charge in [-0.1, -0.05) is 43.3 Å². The highest BCUT2D eigenvalue weighted by Crippen LogP contribution is 2.16. The Balaban J connectivity index is 1.78. The van der Waals surface area contributed by atoms with E-state index in [4.69, 9.17) is 4.74 Å². The lowest BCUT2D eigenvalue weighted by Crippen LogP contribution is -3.14. The third-order valence-corrected chi connectivity index (χ3v) is 4.65. The molecule has 2 aromatic carbocycles. The molecule has 1 unspecified atom stereocenters. The standard InChI is InChI=1S/C22H29N3O3/c1-4-25(16-22(27)24-19-11-8-12-20(13-19)28-3)15-21(26)23-14-17(2)18-9-6-5-7-10-18/h5-13,17H,4,14-16H2,1-3H3,(H,23,26)(H,24,27)/p+1/t17-/m0/s1. The van der Waals surface area contributed by atoms with E-state index in [2.05, 4.69) is 29.7 Å². The largest absolute Gasteiger partial charge is 0.497 e. The molecule has 0 aromatic heterocycles. The number of hydrogen-bond acceptors (Lipinski definition) is 3. The predicted molar refractivity (Wildman–Crippen MR) is 111 cm³/mol. The molecular formula is C22H30N3O3+. The van der Waals surface area contributed by atoms with Crippen molar-refractivity contribution in [2.45, 2.75) is 19.8 Å². The zero-order valence-electron chi connectivity index (χ0n) is 16.8. The molecule has 0 bridgehead atoms. The number of rotatable bonds is 10. The number of benzene rings is 2. The molecule has 2 atom stereocenters. The number of amides is 2. The average Bonchev–Trinajstić information content (AvgIpc) is 2.72. The third-order valence-electron chi connectivity index (χ3n) is 4.65. The van der Waals surface area contributed by atoms with E-state index in [0.717, 1.165) is 4.90 Å². The molecule has 0 saturated carbocycles. The van der Waals surface area contributed by atoms with Crippen molar-refractivity contribution in [1.82, 2.24) is 5.32 Å². The van der Waals surface area contributed by atoms with Gasteiger partial charge in [0, 0.05) is 18.3 Å². The summed E-state index contributed by atoms with van der Waals surface area (Å²) in [6.07, 6.45) is 0. The Morgan fingerprint density at radius 1 is 1.04 bits per heavy atom. The number of quaternary nitrogens is 1. The van der Waals surface area contributed by atoms with Crippen molar-refractivity contribution in [1.29, 1.82) is 0 Å². The van der Waals surface area contributed by atoms with Gasteiger partial charge in [0.05, 0.1) is 13.7 Å². The first kappa shape index (κ1) is 21.4. The van der Waals surface area contributed by atoms with E-state index in [0.29, 0.717) is 24.5 Å². The monoisotopic (exact) mass is 384 g/mol. The molecule has 2 rings (SSSR count). The Morgan fingerprint density at radius 2 is 1.75 bits per heavy atom. The quantitative estimate of drug-likeness (QED) is 0.581. The first-order valence-corrected chi connectivity index (χ1v) is 9.61. The van der Waals surface area contributed by atoms with E-state index >= 15 is 0 Å². The summed E-state index contributed by atoms with van der Waals surface area (Å²) in [7, 11) is 1.58. The van der Waals surface area contributed by atoms with Gasteiger partial charge in [-0.15, -0.1) is 0 Å². The summed E-state index contributed by atoms with van der Waals surface area (Å²) in [6, 6.07) is 17.3.